The molecule has 0 spiro atoms. The molecule has 25 heavy (non-hydrogen) atoms. The van der Waals surface area contributed by atoms with E-state index in [-0.39, 0.29) is 5.91 Å². The van der Waals surface area contributed by atoms with Crippen LogP contribution in [0.3, 0.4) is 0 Å². The van der Waals surface area contributed by atoms with Crippen LogP contribution >= 0.6 is 11.6 Å². The Morgan fingerprint density at radius 2 is 1.76 bits per heavy atom. The molecule has 0 aliphatic carbocycles. The first kappa shape index (κ1) is 17.2. The SMILES string of the molecule is O=C(CCc1ccccc1)NCCc1nnc(-c2ccc(Cl)cc2)o1. The molecule has 3 aromatic rings. The molecule has 0 aliphatic rings. The lowest BCUT2D eigenvalue weighted by molar-refractivity contribution is -0.121. The van der Waals surface area contributed by atoms with Gasteiger partial charge in [-0.2, -0.15) is 0 Å². The molecule has 0 saturated heterocycles. The van der Waals surface area contributed by atoms with Crippen molar-refractivity contribution in [2.45, 2.75) is 19.3 Å². The highest BCUT2D eigenvalue weighted by Crippen LogP contribution is 2.20. The second kappa shape index (κ2) is 8.44. The van der Waals surface area contributed by atoms with Crippen molar-refractivity contribution >= 4 is 17.5 Å². The fraction of sp³-hybridized carbons (Fsp3) is 0.211. The minimum absolute atomic E-state index is 0.0151. The number of nitrogens with one attached hydrogen (secondary N) is 1. The Morgan fingerprint density at radius 3 is 2.52 bits per heavy atom. The second-order valence-electron chi connectivity index (χ2n) is 5.59. The maximum absolute atomic E-state index is 11.9. The van der Waals surface area contributed by atoms with Crippen molar-refractivity contribution in [2.24, 2.45) is 0 Å². The lowest BCUT2D eigenvalue weighted by Gasteiger charge is -2.03. The molecule has 1 aromatic heterocycles. The normalized spacial score (nSPS) is 10.6. The van der Waals surface area contributed by atoms with E-state index in [9.17, 15) is 4.79 Å². The molecule has 0 radical (unpaired) electrons. The van der Waals surface area contributed by atoms with Gasteiger partial charge >= 0.3 is 0 Å². The minimum Gasteiger partial charge on any atom is -0.421 e. The summed E-state index contributed by atoms with van der Waals surface area (Å²) in [4.78, 5) is 11.9. The van der Waals surface area contributed by atoms with Crippen LogP contribution in [0.2, 0.25) is 5.02 Å². The van der Waals surface area contributed by atoms with Crippen LogP contribution < -0.4 is 5.32 Å². The Balaban J connectivity index is 1.43. The molecule has 1 amide bonds. The zero-order valence-corrected chi connectivity index (χ0v) is 14.4. The number of amides is 1. The van der Waals surface area contributed by atoms with Crippen molar-refractivity contribution in [1.82, 2.24) is 15.5 Å². The Morgan fingerprint density at radius 1 is 1.00 bits per heavy atom. The van der Waals surface area contributed by atoms with E-state index >= 15 is 0 Å². The molecule has 3 rings (SSSR count). The van der Waals surface area contributed by atoms with Gasteiger partial charge in [-0.25, -0.2) is 0 Å². The average molecular weight is 356 g/mol. The quantitative estimate of drug-likeness (QED) is 0.702. The molecule has 0 saturated carbocycles. The van der Waals surface area contributed by atoms with Gasteiger partial charge in [-0.1, -0.05) is 41.9 Å². The predicted octanol–water partition coefficient (Wildman–Crippen LogP) is 3.68. The average Bonchev–Trinajstić information content (AvgIpc) is 3.10. The molecule has 0 unspecified atom stereocenters. The molecule has 1 N–H and O–H groups in total. The van der Waals surface area contributed by atoms with Gasteiger partial charge in [-0.3, -0.25) is 4.79 Å². The van der Waals surface area contributed by atoms with Crippen LogP contribution in [0.15, 0.2) is 59.0 Å². The Bertz CT molecular complexity index is 816. The lowest BCUT2D eigenvalue weighted by Crippen LogP contribution is -2.25. The number of aryl methyl sites for hydroxylation is 1. The number of carbonyl (C=O) groups is 1. The van der Waals surface area contributed by atoms with Crippen LogP contribution in [0, 0.1) is 0 Å². The highest BCUT2D eigenvalue weighted by Gasteiger charge is 2.09. The summed E-state index contributed by atoms with van der Waals surface area (Å²) in [5.74, 6) is 0.955. The summed E-state index contributed by atoms with van der Waals surface area (Å²) in [6.45, 7) is 0.468. The van der Waals surface area contributed by atoms with E-state index < -0.39 is 0 Å². The first-order chi connectivity index (χ1) is 12.2. The van der Waals surface area contributed by atoms with Crippen molar-refractivity contribution in [3.63, 3.8) is 0 Å². The van der Waals surface area contributed by atoms with Crippen molar-refractivity contribution in [2.75, 3.05) is 6.54 Å². The highest BCUT2D eigenvalue weighted by molar-refractivity contribution is 6.30. The van der Waals surface area contributed by atoms with E-state index in [0.717, 1.165) is 17.5 Å². The summed E-state index contributed by atoms with van der Waals surface area (Å²) in [5, 5.41) is 11.5. The smallest absolute Gasteiger partial charge is 0.247 e. The Hall–Kier alpha value is -2.66. The summed E-state index contributed by atoms with van der Waals surface area (Å²) < 4.78 is 5.60. The standard InChI is InChI=1S/C19H18ClN3O2/c20-16-9-7-15(8-10-16)19-23-22-18(25-19)12-13-21-17(24)11-6-14-4-2-1-3-5-14/h1-5,7-10H,6,11-13H2,(H,21,24). The molecular formula is C19H18ClN3O2. The zero-order chi connectivity index (χ0) is 17.5. The van der Waals surface area contributed by atoms with Crippen LogP contribution in [0.1, 0.15) is 17.9 Å². The van der Waals surface area contributed by atoms with Crippen LogP contribution in [-0.2, 0) is 17.6 Å². The van der Waals surface area contributed by atoms with Gasteiger partial charge in [-0.15, -0.1) is 10.2 Å². The minimum atomic E-state index is 0.0151. The van der Waals surface area contributed by atoms with Crippen molar-refractivity contribution in [1.29, 1.82) is 0 Å². The third-order valence-corrected chi connectivity index (χ3v) is 3.95. The monoisotopic (exact) mass is 355 g/mol. The summed E-state index contributed by atoms with van der Waals surface area (Å²) in [6.07, 6.45) is 1.69. The summed E-state index contributed by atoms with van der Waals surface area (Å²) in [5.41, 5.74) is 1.97. The molecular weight excluding hydrogens is 338 g/mol. The van der Waals surface area contributed by atoms with Gasteiger partial charge in [0.25, 0.3) is 0 Å². The molecule has 1 heterocycles. The molecule has 128 valence electrons. The van der Waals surface area contributed by atoms with Gasteiger partial charge in [0.1, 0.15) is 0 Å². The fourth-order valence-electron chi connectivity index (χ4n) is 2.36. The number of hydrogen-bond acceptors (Lipinski definition) is 4. The molecule has 0 fully saturated rings. The maximum Gasteiger partial charge on any atom is 0.247 e. The largest absolute Gasteiger partial charge is 0.421 e. The zero-order valence-electron chi connectivity index (χ0n) is 13.6. The Kier molecular flexibility index (Phi) is 5.80. The van der Waals surface area contributed by atoms with Crippen LogP contribution in [0.5, 0.6) is 0 Å². The third kappa shape index (κ3) is 5.16. The third-order valence-electron chi connectivity index (χ3n) is 3.70. The number of rotatable bonds is 7. The molecule has 5 nitrogen and oxygen atoms in total. The molecule has 6 heteroatoms. The Labute approximate surface area is 151 Å². The predicted molar refractivity (Wildman–Crippen MR) is 96.2 cm³/mol. The van der Waals surface area contributed by atoms with E-state index in [2.05, 4.69) is 15.5 Å². The summed E-state index contributed by atoms with van der Waals surface area (Å²) >= 11 is 5.86. The van der Waals surface area contributed by atoms with Crippen molar-refractivity contribution in [3.05, 3.63) is 71.1 Å². The van der Waals surface area contributed by atoms with Crippen LogP contribution in [0.25, 0.3) is 11.5 Å². The van der Waals surface area contributed by atoms with E-state index in [1.807, 2.05) is 42.5 Å². The van der Waals surface area contributed by atoms with Crippen LogP contribution in [0.4, 0.5) is 0 Å². The number of aromatic nitrogens is 2. The molecule has 0 aliphatic heterocycles. The van der Waals surface area contributed by atoms with E-state index in [4.69, 9.17) is 16.0 Å². The van der Waals surface area contributed by atoms with Gasteiger partial charge in [0.2, 0.25) is 17.7 Å². The van der Waals surface area contributed by atoms with E-state index in [1.54, 1.807) is 12.1 Å². The summed E-state index contributed by atoms with van der Waals surface area (Å²) in [7, 11) is 0. The summed E-state index contributed by atoms with van der Waals surface area (Å²) in [6, 6.07) is 17.1. The first-order valence-corrected chi connectivity index (χ1v) is 8.47. The fourth-order valence-corrected chi connectivity index (χ4v) is 2.49. The molecule has 0 bridgehead atoms. The maximum atomic E-state index is 11.9. The topological polar surface area (TPSA) is 68.0 Å². The number of carbonyl (C=O) groups excluding carboxylic acids is 1. The number of nitrogens with zero attached hydrogens (tertiary/aromatic N) is 2. The lowest BCUT2D eigenvalue weighted by atomic mass is 10.1. The van der Waals surface area contributed by atoms with Gasteiger partial charge in [-0.05, 0) is 36.2 Å². The number of halogens is 1. The highest BCUT2D eigenvalue weighted by atomic mass is 35.5. The van der Waals surface area contributed by atoms with Crippen molar-refractivity contribution < 1.29 is 9.21 Å². The second-order valence-corrected chi connectivity index (χ2v) is 6.03. The van der Waals surface area contributed by atoms with Gasteiger partial charge in [0.05, 0.1) is 0 Å². The van der Waals surface area contributed by atoms with E-state index in [1.165, 1.54) is 0 Å². The molecule has 0 atom stereocenters. The van der Waals surface area contributed by atoms with Gasteiger partial charge in [0.15, 0.2) is 0 Å². The van der Waals surface area contributed by atoms with Gasteiger partial charge in [0, 0.05) is 30.0 Å². The molecule has 2 aromatic carbocycles. The first-order valence-electron chi connectivity index (χ1n) is 8.09. The van der Waals surface area contributed by atoms with Gasteiger partial charge < -0.3 is 9.73 Å². The van der Waals surface area contributed by atoms with Crippen LogP contribution in [-0.4, -0.2) is 22.6 Å². The van der Waals surface area contributed by atoms with E-state index in [0.29, 0.717) is 36.2 Å². The number of benzene rings is 2. The number of hydrogen-bond donors (Lipinski definition) is 1. The van der Waals surface area contributed by atoms with Crippen molar-refractivity contribution in [3.8, 4) is 11.5 Å².